The van der Waals surface area contributed by atoms with Crippen LogP contribution in [0, 0.1) is 22.7 Å². The molecule has 216 valence electrons. The average molecular weight is 568 g/mol. The molecule has 1 spiro atoms. The third-order valence-electron chi connectivity index (χ3n) is 10.6. The van der Waals surface area contributed by atoms with Crippen LogP contribution in [0.1, 0.15) is 61.9 Å². The van der Waals surface area contributed by atoms with Crippen LogP contribution in [0.3, 0.4) is 0 Å². The normalized spacial score (nSPS) is 32.6. The van der Waals surface area contributed by atoms with Gasteiger partial charge in [-0.05, 0) is 78.5 Å². The predicted molar refractivity (Wildman–Crippen MR) is 156 cm³/mol. The van der Waals surface area contributed by atoms with Crippen molar-refractivity contribution in [1.29, 1.82) is 0 Å². The number of rotatable bonds is 6. The summed E-state index contributed by atoms with van der Waals surface area (Å²) in [5.74, 6) is -2.75. The number of ketones is 1. The first kappa shape index (κ1) is 26.7. The summed E-state index contributed by atoms with van der Waals surface area (Å²) in [6.45, 7) is 4.15. The number of Topliss-reactive ketones (excluding diaryl/α,β-unsaturated/α-hetero) is 1. The van der Waals surface area contributed by atoms with E-state index in [1.807, 2.05) is 43.3 Å². The lowest BCUT2D eigenvalue weighted by Gasteiger charge is -2.56. The number of aromatic hydroxyl groups is 2. The van der Waals surface area contributed by atoms with Gasteiger partial charge >= 0.3 is 5.97 Å². The third-order valence-corrected chi connectivity index (χ3v) is 10.6. The summed E-state index contributed by atoms with van der Waals surface area (Å²) in [6, 6.07) is 16.3. The van der Waals surface area contributed by atoms with Crippen molar-refractivity contribution in [3.63, 3.8) is 0 Å². The van der Waals surface area contributed by atoms with Crippen LogP contribution >= 0.6 is 0 Å². The Kier molecular flexibility index (Phi) is 5.67. The molecule has 0 radical (unpaired) electrons. The van der Waals surface area contributed by atoms with Crippen LogP contribution in [-0.2, 0) is 14.3 Å². The Hall–Kier alpha value is -4.17. The highest BCUT2D eigenvalue weighted by Gasteiger charge is 2.72. The summed E-state index contributed by atoms with van der Waals surface area (Å²) in [7, 11) is 0. The number of phenols is 2. The van der Waals surface area contributed by atoms with E-state index >= 15 is 0 Å². The lowest BCUT2D eigenvalue weighted by atomic mass is 9.49. The number of hydrogen-bond donors (Lipinski definition) is 4. The summed E-state index contributed by atoms with van der Waals surface area (Å²) in [5, 5.41) is 34.6. The van der Waals surface area contributed by atoms with Crippen LogP contribution in [0.4, 0.5) is 5.69 Å². The first-order chi connectivity index (χ1) is 19.9. The van der Waals surface area contributed by atoms with Gasteiger partial charge in [-0.3, -0.25) is 9.59 Å². The Morgan fingerprint density at radius 3 is 2.55 bits per heavy atom. The number of benzene rings is 3. The Morgan fingerprint density at radius 2 is 1.81 bits per heavy atom. The molecular weight excluding hydrogens is 534 g/mol. The Morgan fingerprint density at radius 1 is 1.05 bits per heavy atom. The smallest absolute Gasteiger partial charge is 0.339 e. The zero-order valence-corrected chi connectivity index (χ0v) is 23.5. The van der Waals surface area contributed by atoms with Crippen LogP contribution in [0.15, 0.2) is 60.7 Å². The number of amides is 1. The molecule has 8 heteroatoms. The van der Waals surface area contributed by atoms with Crippen molar-refractivity contribution < 1.29 is 34.4 Å². The van der Waals surface area contributed by atoms with Gasteiger partial charge < -0.3 is 25.4 Å². The first-order valence-electron chi connectivity index (χ1n) is 14.5. The van der Waals surface area contributed by atoms with Gasteiger partial charge in [-0.25, -0.2) is 4.79 Å². The van der Waals surface area contributed by atoms with E-state index in [0.717, 1.165) is 47.7 Å². The molecule has 4 N–H and O–H groups in total. The van der Waals surface area contributed by atoms with Crippen molar-refractivity contribution in [3.05, 3.63) is 71.8 Å². The summed E-state index contributed by atoms with van der Waals surface area (Å²) in [6.07, 6.45) is 5.00. The molecule has 42 heavy (non-hydrogen) atoms. The van der Waals surface area contributed by atoms with Crippen LogP contribution in [0.2, 0.25) is 0 Å². The quantitative estimate of drug-likeness (QED) is 0.272. The number of phenolic OH excluding ortho intramolecular Hbond substituents is 1. The number of ether oxygens (including phenoxy) is 1. The van der Waals surface area contributed by atoms with Crippen LogP contribution in [0.5, 0.6) is 11.5 Å². The van der Waals surface area contributed by atoms with E-state index in [2.05, 4.69) is 24.4 Å². The number of nitrogens with one attached hydrogen (secondary N) is 1. The Balaban J connectivity index is 1.24. The van der Waals surface area contributed by atoms with Crippen LogP contribution in [-0.4, -0.2) is 44.7 Å². The van der Waals surface area contributed by atoms with E-state index in [1.165, 1.54) is 0 Å². The van der Waals surface area contributed by atoms with Gasteiger partial charge in [0.05, 0.1) is 11.7 Å². The standard InChI is InChI=1S/C34H33NO7/c1-32(12-11-26(37)35-27-24(36)10-9-22(28(27)38)31(40)41)29-25-14-21-15-34(29,17-33(21,2)42-25)16-23(30(32)39)20-8-7-18-5-3-4-6-19(18)13-20/h3-10,13,16,21,25,29,36,38H,11-12,14-15,17H2,1-2H3,(H,35,37)(H,40,41)/t21-,25-,29-,32-,33-,34+/m0/s1. The lowest BCUT2D eigenvalue weighted by Crippen LogP contribution is -2.57. The molecule has 8 nitrogen and oxygen atoms in total. The molecule has 4 bridgehead atoms. The van der Waals surface area contributed by atoms with E-state index in [0.29, 0.717) is 11.5 Å². The summed E-state index contributed by atoms with van der Waals surface area (Å²) in [5.41, 5.74) is -0.564. The molecule has 2 heterocycles. The average Bonchev–Trinajstić information content (AvgIpc) is 3.32. The second kappa shape index (κ2) is 8.91. The summed E-state index contributed by atoms with van der Waals surface area (Å²) < 4.78 is 6.61. The molecule has 3 aromatic rings. The van der Waals surface area contributed by atoms with Gasteiger partial charge in [0.2, 0.25) is 5.91 Å². The second-order valence-corrected chi connectivity index (χ2v) is 13.1. The van der Waals surface area contributed by atoms with Crippen molar-refractivity contribution in [3.8, 4) is 11.5 Å². The van der Waals surface area contributed by atoms with Crippen LogP contribution < -0.4 is 5.32 Å². The van der Waals surface area contributed by atoms with Gasteiger partial charge in [0.25, 0.3) is 0 Å². The van der Waals surface area contributed by atoms with E-state index in [1.54, 1.807) is 0 Å². The van der Waals surface area contributed by atoms with E-state index < -0.39 is 34.4 Å². The lowest BCUT2D eigenvalue weighted by molar-refractivity contribution is -0.168. The monoisotopic (exact) mass is 567 g/mol. The van der Waals surface area contributed by atoms with Crippen LogP contribution in [0.25, 0.3) is 16.3 Å². The number of carbonyl (C=O) groups excluding carboxylic acids is 2. The Bertz CT molecular complexity index is 1730. The van der Waals surface area contributed by atoms with Gasteiger partial charge in [-0.1, -0.05) is 49.4 Å². The molecule has 8 rings (SSSR count). The first-order valence-corrected chi connectivity index (χ1v) is 14.5. The molecule has 3 aromatic carbocycles. The summed E-state index contributed by atoms with van der Waals surface area (Å²) >= 11 is 0. The predicted octanol–water partition coefficient (Wildman–Crippen LogP) is 5.91. The van der Waals surface area contributed by atoms with E-state index in [9.17, 15) is 29.7 Å². The molecule has 5 aliphatic rings. The van der Waals surface area contributed by atoms with Gasteiger partial charge in [0, 0.05) is 23.3 Å². The van der Waals surface area contributed by atoms with Crippen molar-refractivity contribution in [2.75, 3.05) is 5.32 Å². The van der Waals surface area contributed by atoms with Crippen molar-refractivity contribution in [2.24, 2.45) is 22.7 Å². The van der Waals surface area contributed by atoms with Crippen molar-refractivity contribution in [2.45, 2.75) is 57.7 Å². The van der Waals surface area contributed by atoms with E-state index in [4.69, 9.17) is 4.74 Å². The number of carboxylic acid groups (broad SMARTS) is 1. The Labute approximate surface area is 243 Å². The molecule has 4 fully saturated rings. The highest BCUT2D eigenvalue weighted by molar-refractivity contribution is 6.25. The van der Waals surface area contributed by atoms with Crippen molar-refractivity contribution in [1.82, 2.24) is 0 Å². The minimum absolute atomic E-state index is 0.0117. The number of allylic oxidation sites excluding steroid dienone is 2. The molecule has 0 aromatic heterocycles. The molecule has 2 aliphatic heterocycles. The number of carbonyl (C=O) groups is 3. The highest BCUT2D eigenvalue weighted by Crippen LogP contribution is 2.72. The van der Waals surface area contributed by atoms with E-state index in [-0.39, 0.29) is 47.4 Å². The fraction of sp³-hybridized carbons (Fsp3) is 0.382. The topological polar surface area (TPSA) is 133 Å². The van der Waals surface area contributed by atoms with Crippen molar-refractivity contribution >= 4 is 39.7 Å². The minimum atomic E-state index is -1.39. The maximum Gasteiger partial charge on any atom is 0.339 e. The third kappa shape index (κ3) is 3.74. The molecule has 6 atom stereocenters. The zero-order valence-electron chi connectivity index (χ0n) is 23.5. The molecule has 2 saturated heterocycles. The summed E-state index contributed by atoms with van der Waals surface area (Å²) in [4.78, 5) is 39.2. The molecule has 3 aliphatic carbocycles. The van der Waals surface area contributed by atoms with Gasteiger partial charge in [-0.15, -0.1) is 0 Å². The maximum absolute atomic E-state index is 14.6. The van der Waals surface area contributed by atoms with Gasteiger partial charge in [-0.2, -0.15) is 0 Å². The number of fused-ring (bicyclic) bond motifs is 1. The number of anilines is 1. The molecule has 0 unspecified atom stereocenters. The second-order valence-electron chi connectivity index (χ2n) is 13.1. The molecule has 1 amide bonds. The number of hydrogen-bond acceptors (Lipinski definition) is 6. The zero-order chi connectivity index (χ0) is 29.6. The fourth-order valence-corrected chi connectivity index (χ4v) is 8.84. The maximum atomic E-state index is 14.6. The van der Waals surface area contributed by atoms with Gasteiger partial charge in [0.15, 0.2) is 11.5 Å². The van der Waals surface area contributed by atoms with Gasteiger partial charge in [0.1, 0.15) is 17.0 Å². The number of aromatic carboxylic acids is 1. The molecule has 2 saturated carbocycles. The largest absolute Gasteiger partial charge is 0.506 e. The fourth-order valence-electron chi connectivity index (χ4n) is 8.84. The molecular formula is C34H33NO7. The number of carboxylic acids is 1. The highest BCUT2D eigenvalue weighted by atomic mass is 16.5. The SMILES string of the molecule is C[C@]12C[C@@]34C=C(c5ccc6ccccc6c5)C(=O)[C@@](C)(CCC(=O)Nc5c(O)ccc(C(=O)O)c5O)[C@@H]3[C@H](C[C@H]1C4)O2. The minimum Gasteiger partial charge on any atom is -0.506 e.